The lowest BCUT2D eigenvalue weighted by molar-refractivity contribution is 0.169. The smallest absolute Gasteiger partial charge is 0.233 e. The molecule has 0 aromatic heterocycles. The van der Waals surface area contributed by atoms with E-state index in [0.29, 0.717) is 18.1 Å². The molecule has 14 heavy (non-hydrogen) atoms. The molecule has 0 fully saturated rings. The van der Waals surface area contributed by atoms with E-state index in [0.717, 1.165) is 11.3 Å². The Morgan fingerprint density at radius 2 is 2.21 bits per heavy atom. The van der Waals surface area contributed by atoms with E-state index in [1.807, 2.05) is 24.5 Å². The molecular formula is C11H13O2S. The minimum atomic E-state index is 0.485. The summed E-state index contributed by atoms with van der Waals surface area (Å²) in [5.41, 5.74) is 1.49. The molecule has 0 saturated carbocycles. The number of hydrogen-bond donors (Lipinski definition) is 0. The van der Waals surface area contributed by atoms with Gasteiger partial charge in [-0.2, -0.15) is 0 Å². The van der Waals surface area contributed by atoms with E-state index < -0.39 is 0 Å². The number of thioether (sulfide) groups is 1. The minimum absolute atomic E-state index is 0.485. The second-order valence-corrected chi connectivity index (χ2v) is 3.94. The molecule has 0 spiro atoms. The molecule has 1 rings (SSSR count). The highest BCUT2D eigenvalue weighted by atomic mass is 32.2. The van der Waals surface area contributed by atoms with E-state index >= 15 is 0 Å². The molecule has 0 unspecified atom stereocenters. The molecule has 0 bridgehead atoms. The zero-order valence-electron chi connectivity index (χ0n) is 8.16. The van der Waals surface area contributed by atoms with Gasteiger partial charge < -0.3 is 4.74 Å². The van der Waals surface area contributed by atoms with E-state index in [2.05, 4.69) is 6.92 Å². The van der Waals surface area contributed by atoms with Crippen molar-refractivity contribution in [3.63, 3.8) is 0 Å². The van der Waals surface area contributed by atoms with Crippen LogP contribution in [0.3, 0.4) is 0 Å². The summed E-state index contributed by atoms with van der Waals surface area (Å²) >= 11 is 1.72. The van der Waals surface area contributed by atoms with Crippen molar-refractivity contribution in [2.45, 2.75) is 13.5 Å². The van der Waals surface area contributed by atoms with Crippen LogP contribution in [0, 0.1) is 0 Å². The first kappa shape index (κ1) is 11.3. The monoisotopic (exact) mass is 209 g/mol. The number of carbonyl (C=O) groups excluding carboxylic acids is 1. The van der Waals surface area contributed by atoms with Gasteiger partial charge in [0.1, 0.15) is 0 Å². The normalized spacial score (nSPS) is 10.1. The fourth-order valence-corrected chi connectivity index (χ4v) is 1.41. The van der Waals surface area contributed by atoms with Gasteiger partial charge in [0.25, 0.3) is 0 Å². The molecule has 0 amide bonds. The van der Waals surface area contributed by atoms with Crippen LogP contribution in [0.2, 0.25) is 0 Å². The summed E-state index contributed by atoms with van der Waals surface area (Å²) < 4.78 is 5.39. The molecular weight excluding hydrogens is 196 g/mol. The number of hydrogen-bond acceptors (Lipinski definition) is 3. The van der Waals surface area contributed by atoms with Gasteiger partial charge in [-0.05, 0) is 11.3 Å². The Kier molecular flexibility index (Phi) is 5.33. The maximum atomic E-state index is 10.5. The molecule has 75 valence electrons. The highest BCUT2D eigenvalue weighted by Crippen LogP contribution is 2.09. The van der Waals surface area contributed by atoms with E-state index in [1.54, 1.807) is 17.8 Å². The summed E-state index contributed by atoms with van der Waals surface area (Å²) in [5.74, 6) is 1.71. The van der Waals surface area contributed by atoms with Gasteiger partial charge in [-0.3, -0.25) is 4.79 Å². The number of rotatable bonds is 6. The molecule has 0 saturated heterocycles. The Balaban J connectivity index is 2.45. The van der Waals surface area contributed by atoms with Crippen LogP contribution in [0.1, 0.15) is 18.1 Å². The molecule has 0 aliphatic rings. The second kappa shape index (κ2) is 6.62. The maximum absolute atomic E-state index is 10.5. The van der Waals surface area contributed by atoms with Crippen LogP contribution in [-0.2, 0) is 16.1 Å². The molecule has 0 N–H and O–H groups in total. The molecule has 1 radical (unpaired) electrons. The highest BCUT2D eigenvalue weighted by Gasteiger charge is 2.00. The van der Waals surface area contributed by atoms with Crippen molar-refractivity contribution in [2.75, 3.05) is 11.7 Å². The molecule has 1 aromatic rings. The summed E-state index contributed by atoms with van der Waals surface area (Å²) in [7, 11) is 0. The third-order valence-electron chi connectivity index (χ3n) is 1.76. The van der Waals surface area contributed by atoms with Gasteiger partial charge in [0.15, 0.2) is 0 Å². The van der Waals surface area contributed by atoms with Gasteiger partial charge in [0.05, 0.1) is 12.5 Å². The SMILES string of the molecule is CCSCOCc1ccccc1[C]=O. The van der Waals surface area contributed by atoms with Crippen LogP contribution in [0.15, 0.2) is 24.3 Å². The molecule has 0 aliphatic carbocycles. The van der Waals surface area contributed by atoms with Gasteiger partial charge in [0.2, 0.25) is 6.29 Å². The van der Waals surface area contributed by atoms with Crippen molar-refractivity contribution in [2.24, 2.45) is 0 Å². The molecule has 2 nitrogen and oxygen atoms in total. The van der Waals surface area contributed by atoms with Crippen molar-refractivity contribution in [1.29, 1.82) is 0 Å². The van der Waals surface area contributed by atoms with Crippen LogP contribution in [0.25, 0.3) is 0 Å². The predicted octanol–water partition coefficient (Wildman–Crippen LogP) is 2.37. The van der Waals surface area contributed by atoms with E-state index in [4.69, 9.17) is 4.74 Å². The van der Waals surface area contributed by atoms with Crippen LogP contribution in [0.4, 0.5) is 0 Å². The zero-order valence-corrected chi connectivity index (χ0v) is 8.97. The molecule has 0 aliphatic heterocycles. The summed E-state index contributed by atoms with van der Waals surface area (Å²) in [6.45, 7) is 2.57. The topological polar surface area (TPSA) is 26.3 Å². The number of benzene rings is 1. The van der Waals surface area contributed by atoms with Crippen molar-refractivity contribution in [3.05, 3.63) is 35.4 Å². The van der Waals surface area contributed by atoms with Crippen molar-refractivity contribution < 1.29 is 9.53 Å². The molecule has 0 atom stereocenters. The Morgan fingerprint density at radius 3 is 2.93 bits per heavy atom. The van der Waals surface area contributed by atoms with Gasteiger partial charge in [0, 0.05) is 5.56 Å². The summed E-state index contributed by atoms with van der Waals surface area (Å²) in [5, 5.41) is 0. The lowest BCUT2D eigenvalue weighted by Crippen LogP contribution is -1.97. The van der Waals surface area contributed by atoms with Crippen LogP contribution >= 0.6 is 11.8 Å². The molecule has 3 heteroatoms. The summed E-state index contributed by atoms with van der Waals surface area (Å²) in [6.07, 6.45) is 1.90. The first-order valence-corrected chi connectivity index (χ1v) is 5.65. The Labute approximate surface area is 88.7 Å². The lowest BCUT2D eigenvalue weighted by atomic mass is 10.1. The third kappa shape index (κ3) is 3.52. The van der Waals surface area contributed by atoms with Gasteiger partial charge in [-0.1, -0.05) is 31.2 Å². The van der Waals surface area contributed by atoms with Gasteiger partial charge >= 0.3 is 0 Å². The van der Waals surface area contributed by atoms with E-state index in [1.165, 1.54) is 0 Å². The average Bonchev–Trinajstić information content (AvgIpc) is 2.25. The summed E-state index contributed by atoms with van der Waals surface area (Å²) in [4.78, 5) is 10.5. The van der Waals surface area contributed by atoms with Crippen LogP contribution in [0.5, 0.6) is 0 Å². The quantitative estimate of drug-likeness (QED) is 0.531. The maximum Gasteiger partial charge on any atom is 0.233 e. The van der Waals surface area contributed by atoms with Gasteiger partial charge in [-0.25, -0.2) is 0 Å². The zero-order chi connectivity index (χ0) is 10.2. The average molecular weight is 209 g/mol. The number of ether oxygens (including phenoxy) is 1. The second-order valence-electron chi connectivity index (χ2n) is 2.72. The minimum Gasteiger partial charge on any atom is -0.366 e. The lowest BCUT2D eigenvalue weighted by Gasteiger charge is -2.04. The Bertz CT molecular complexity index is 286. The molecule has 0 heterocycles. The van der Waals surface area contributed by atoms with Crippen molar-refractivity contribution in [1.82, 2.24) is 0 Å². The summed E-state index contributed by atoms with van der Waals surface area (Å²) in [6, 6.07) is 7.35. The van der Waals surface area contributed by atoms with Crippen LogP contribution in [-0.4, -0.2) is 18.0 Å². The third-order valence-corrected chi connectivity index (χ3v) is 2.50. The van der Waals surface area contributed by atoms with Gasteiger partial charge in [-0.15, -0.1) is 11.8 Å². The van der Waals surface area contributed by atoms with Crippen molar-refractivity contribution in [3.8, 4) is 0 Å². The van der Waals surface area contributed by atoms with E-state index in [9.17, 15) is 4.79 Å². The Morgan fingerprint density at radius 1 is 1.43 bits per heavy atom. The standard InChI is InChI=1S/C11H13O2S/c1-2-14-9-13-8-11-6-4-3-5-10(11)7-12/h3-6H,2,8-9H2,1H3. The Hall–Kier alpha value is -0.800. The predicted molar refractivity (Wildman–Crippen MR) is 59.0 cm³/mol. The fraction of sp³-hybridized carbons (Fsp3) is 0.364. The highest BCUT2D eigenvalue weighted by molar-refractivity contribution is 7.99. The van der Waals surface area contributed by atoms with E-state index in [-0.39, 0.29) is 0 Å². The van der Waals surface area contributed by atoms with Crippen LogP contribution < -0.4 is 0 Å². The first-order chi connectivity index (χ1) is 6.88. The fourth-order valence-electron chi connectivity index (χ4n) is 1.04. The molecule has 1 aromatic carbocycles. The van der Waals surface area contributed by atoms with Crippen molar-refractivity contribution >= 4 is 18.0 Å². The first-order valence-electron chi connectivity index (χ1n) is 4.50. The largest absolute Gasteiger partial charge is 0.366 e.